The predicted octanol–water partition coefficient (Wildman–Crippen LogP) is 3.31. The van der Waals surface area contributed by atoms with Crippen LogP contribution in [0, 0.1) is 5.92 Å². The summed E-state index contributed by atoms with van der Waals surface area (Å²) in [4.78, 5) is 29.3. The van der Waals surface area contributed by atoms with Crippen LogP contribution in [0.1, 0.15) is 45.6 Å². The second-order valence-corrected chi connectivity index (χ2v) is 7.12. The predicted molar refractivity (Wildman–Crippen MR) is 102 cm³/mol. The average Bonchev–Trinajstić information content (AvgIpc) is 2.91. The first kappa shape index (κ1) is 18.5. The van der Waals surface area contributed by atoms with E-state index in [0.29, 0.717) is 30.3 Å². The van der Waals surface area contributed by atoms with Crippen LogP contribution in [0.15, 0.2) is 30.0 Å². The van der Waals surface area contributed by atoms with Gasteiger partial charge in [-0.1, -0.05) is 26.0 Å². The molecule has 2 amide bonds. The lowest BCUT2D eigenvalue weighted by Crippen LogP contribution is -2.38. The van der Waals surface area contributed by atoms with Crippen LogP contribution >= 0.6 is 0 Å². The van der Waals surface area contributed by atoms with Crippen LogP contribution in [0.25, 0.3) is 5.57 Å². The van der Waals surface area contributed by atoms with Gasteiger partial charge in [0.25, 0.3) is 11.8 Å². The van der Waals surface area contributed by atoms with Crippen molar-refractivity contribution in [2.24, 2.45) is 5.92 Å². The summed E-state index contributed by atoms with van der Waals surface area (Å²) in [5, 5.41) is 0. The average molecular weight is 356 g/mol. The third kappa shape index (κ3) is 3.48. The molecule has 140 valence electrons. The zero-order valence-corrected chi connectivity index (χ0v) is 16.0. The Morgan fingerprint density at radius 2 is 1.69 bits per heavy atom. The van der Waals surface area contributed by atoms with Crippen molar-refractivity contribution in [2.45, 2.75) is 40.0 Å². The number of imide groups is 1. The normalized spacial score (nSPS) is 18.9. The van der Waals surface area contributed by atoms with Gasteiger partial charge in [0.2, 0.25) is 0 Å². The smallest absolute Gasteiger partial charge is 0.277 e. The number of likely N-dealkylation sites (tertiary alicyclic amines) is 1. The highest BCUT2D eigenvalue weighted by Crippen LogP contribution is 2.34. The Morgan fingerprint density at radius 1 is 1.04 bits per heavy atom. The maximum atomic E-state index is 12.9. The molecule has 1 aromatic rings. The number of piperidine rings is 1. The Morgan fingerprint density at radius 3 is 2.27 bits per heavy atom. The van der Waals surface area contributed by atoms with E-state index >= 15 is 0 Å². The summed E-state index contributed by atoms with van der Waals surface area (Å²) in [6.07, 6.45) is 3.05. The molecule has 26 heavy (non-hydrogen) atoms. The highest BCUT2D eigenvalue weighted by atomic mass is 16.5. The summed E-state index contributed by atoms with van der Waals surface area (Å²) < 4.78 is 5.63. The number of nitrogens with zero attached hydrogens (tertiary/aromatic N) is 2. The van der Waals surface area contributed by atoms with Gasteiger partial charge in [0, 0.05) is 19.6 Å². The molecule has 0 saturated carbocycles. The van der Waals surface area contributed by atoms with Crippen molar-refractivity contribution < 1.29 is 14.3 Å². The Bertz CT molecular complexity index is 700. The summed E-state index contributed by atoms with van der Waals surface area (Å²) in [6, 6.07) is 7.52. The monoisotopic (exact) mass is 356 g/mol. The third-order valence-electron chi connectivity index (χ3n) is 5.18. The van der Waals surface area contributed by atoms with Gasteiger partial charge in [-0.25, -0.2) is 0 Å². The molecule has 1 aromatic carbocycles. The van der Waals surface area contributed by atoms with E-state index in [9.17, 15) is 9.59 Å². The lowest BCUT2D eigenvalue weighted by atomic mass is 9.97. The van der Waals surface area contributed by atoms with Crippen LogP contribution in [0.3, 0.4) is 0 Å². The van der Waals surface area contributed by atoms with Gasteiger partial charge in [0.1, 0.15) is 11.4 Å². The summed E-state index contributed by atoms with van der Waals surface area (Å²) in [6.45, 7) is 8.86. The number of ether oxygens (including phenoxy) is 1. The van der Waals surface area contributed by atoms with Gasteiger partial charge in [-0.15, -0.1) is 0 Å². The zero-order valence-electron chi connectivity index (χ0n) is 16.0. The van der Waals surface area contributed by atoms with Crippen molar-refractivity contribution in [1.82, 2.24) is 9.80 Å². The van der Waals surface area contributed by atoms with Crippen LogP contribution in [0.5, 0.6) is 5.75 Å². The van der Waals surface area contributed by atoms with Crippen molar-refractivity contribution in [2.75, 3.05) is 26.2 Å². The molecule has 1 saturated heterocycles. The first-order valence-electron chi connectivity index (χ1n) is 9.65. The van der Waals surface area contributed by atoms with Crippen molar-refractivity contribution in [3.63, 3.8) is 0 Å². The lowest BCUT2D eigenvalue weighted by Gasteiger charge is -2.32. The number of rotatable bonds is 6. The molecular formula is C21H28N2O3. The second-order valence-electron chi connectivity index (χ2n) is 7.12. The van der Waals surface area contributed by atoms with Crippen molar-refractivity contribution in [3.05, 3.63) is 35.5 Å². The number of carbonyl (C=O) groups is 2. The molecule has 0 radical (unpaired) electrons. The second kappa shape index (κ2) is 7.94. The summed E-state index contributed by atoms with van der Waals surface area (Å²) >= 11 is 0. The fourth-order valence-corrected chi connectivity index (χ4v) is 3.57. The molecule has 1 fully saturated rings. The highest BCUT2D eigenvalue weighted by molar-refractivity contribution is 6.35. The fraction of sp³-hybridized carbons (Fsp3) is 0.524. The van der Waals surface area contributed by atoms with Gasteiger partial charge < -0.3 is 9.64 Å². The molecule has 5 heteroatoms. The molecule has 0 N–H and O–H groups in total. The molecule has 0 bridgehead atoms. The van der Waals surface area contributed by atoms with Gasteiger partial charge in [-0.2, -0.15) is 0 Å². The Hall–Kier alpha value is -2.30. The van der Waals surface area contributed by atoms with E-state index in [-0.39, 0.29) is 11.8 Å². The Kier molecular flexibility index (Phi) is 5.64. The van der Waals surface area contributed by atoms with Crippen molar-refractivity contribution in [3.8, 4) is 5.75 Å². The van der Waals surface area contributed by atoms with E-state index in [0.717, 1.165) is 43.7 Å². The standard InChI is InChI=1S/C21H28N2O3/c1-4-14-26-17-8-6-16(7-9-17)18-19(21(25)23(5-2)20(18)24)22-12-10-15(3)11-13-22/h6-9,15H,4-5,10-14H2,1-3H3. The maximum absolute atomic E-state index is 12.9. The molecule has 2 aliphatic rings. The van der Waals surface area contributed by atoms with E-state index in [1.807, 2.05) is 31.2 Å². The summed E-state index contributed by atoms with van der Waals surface area (Å²) in [5.74, 6) is 1.11. The van der Waals surface area contributed by atoms with E-state index in [1.165, 1.54) is 4.90 Å². The molecule has 0 atom stereocenters. The van der Waals surface area contributed by atoms with E-state index in [2.05, 4.69) is 18.7 Å². The summed E-state index contributed by atoms with van der Waals surface area (Å²) in [7, 11) is 0. The number of amides is 2. The first-order chi connectivity index (χ1) is 12.6. The number of hydrogen-bond acceptors (Lipinski definition) is 4. The van der Waals surface area contributed by atoms with E-state index in [1.54, 1.807) is 0 Å². The Labute approximate surface area is 155 Å². The van der Waals surface area contributed by atoms with Crippen LogP contribution < -0.4 is 4.74 Å². The van der Waals surface area contributed by atoms with Gasteiger partial charge in [-0.3, -0.25) is 14.5 Å². The van der Waals surface area contributed by atoms with Gasteiger partial charge >= 0.3 is 0 Å². The number of likely N-dealkylation sites (N-methyl/N-ethyl adjacent to an activating group) is 1. The van der Waals surface area contributed by atoms with Crippen LogP contribution in [-0.2, 0) is 9.59 Å². The number of hydrogen-bond donors (Lipinski definition) is 0. The minimum Gasteiger partial charge on any atom is -0.494 e. The maximum Gasteiger partial charge on any atom is 0.277 e. The molecular weight excluding hydrogens is 328 g/mol. The molecule has 2 aliphatic heterocycles. The molecule has 0 aromatic heterocycles. The summed E-state index contributed by atoms with van der Waals surface area (Å²) in [5.41, 5.74) is 1.90. The molecule has 3 rings (SSSR count). The number of carbonyl (C=O) groups excluding carboxylic acids is 2. The van der Waals surface area contributed by atoms with Crippen LogP contribution in [-0.4, -0.2) is 47.9 Å². The fourth-order valence-electron chi connectivity index (χ4n) is 3.57. The molecule has 0 aliphatic carbocycles. The largest absolute Gasteiger partial charge is 0.494 e. The molecule has 2 heterocycles. The number of benzene rings is 1. The highest BCUT2D eigenvalue weighted by Gasteiger charge is 2.41. The molecule has 0 unspecified atom stereocenters. The lowest BCUT2D eigenvalue weighted by molar-refractivity contribution is -0.137. The van der Waals surface area contributed by atoms with E-state index in [4.69, 9.17) is 4.74 Å². The van der Waals surface area contributed by atoms with Gasteiger partial charge in [0.05, 0.1) is 12.2 Å². The minimum absolute atomic E-state index is 0.159. The van der Waals surface area contributed by atoms with Crippen molar-refractivity contribution in [1.29, 1.82) is 0 Å². The topological polar surface area (TPSA) is 49.9 Å². The SMILES string of the molecule is CCCOc1ccc(C2=C(N3CCC(C)CC3)C(=O)N(CC)C2=O)cc1. The third-order valence-corrected chi connectivity index (χ3v) is 5.18. The molecule has 5 nitrogen and oxygen atoms in total. The zero-order chi connectivity index (χ0) is 18.7. The molecule has 0 spiro atoms. The van der Waals surface area contributed by atoms with E-state index < -0.39 is 0 Å². The van der Waals surface area contributed by atoms with Crippen LogP contribution in [0.2, 0.25) is 0 Å². The van der Waals surface area contributed by atoms with Crippen LogP contribution in [0.4, 0.5) is 0 Å². The first-order valence-corrected chi connectivity index (χ1v) is 9.65. The quantitative estimate of drug-likeness (QED) is 0.734. The van der Waals surface area contributed by atoms with Gasteiger partial charge in [0.15, 0.2) is 0 Å². The minimum atomic E-state index is -0.187. The van der Waals surface area contributed by atoms with Crippen molar-refractivity contribution >= 4 is 17.4 Å². The Balaban J connectivity index is 1.95. The van der Waals surface area contributed by atoms with Gasteiger partial charge in [-0.05, 0) is 49.8 Å².